The van der Waals surface area contributed by atoms with E-state index < -0.39 is 0 Å². The van der Waals surface area contributed by atoms with Gasteiger partial charge in [-0.15, -0.1) is 11.3 Å². The Morgan fingerprint density at radius 3 is 2.68 bits per heavy atom. The van der Waals surface area contributed by atoms with Crippen molar-refractivity contribution in [2.75, 3.05) is 11.4 Å². The Bertz CT molecular complexity index is 895. The van der Waals surface area contributed by atoms with Crippen LogP contribution in [0.1, 0.15) is 29.5 Å². The average molecular weight is 354 g/mol. The van der Waals surface area contributed by atoms with Gasteiger partial charge in [0.05, 0.1) is 12.1 Å². The topological polar surface area (TPSA) is 46.3 Å². The molecule has 0 bridgehead atoms. The number of benzene rings is 1. The van der Waals surface area contributed by atoms with Crippen molar-refractivity contribution in [1.29, 1.82) is 0 Å². The third-order valence-corrected chi connectivity index (χ3v) is 5.01. The van der Waals surface area contributed by atoms with Gasteiger partial charge in [0.25, 0.3) is 0 Å². The number of rotatable bonds is 5. The highest BCUT2D eigenvalue weighted by atomic mass is 32.1. The monoisotopic (exact) mass is 354 g/mol. The van der Waals surface area contributed by atoms with E-state index in [1.807, 2.05) is 50.1 Å². The summed E-state index contributed by atoms with van der Waals surface area (Å²) in [4.78, 5) is 19.2. The van der Waals surface area contributed by atoms with Crippen LogP contribution in [-0.4, -0.2) is 17.4 Å². The van der Waals surface area contributed by atoms with E-state index >= 15 is 0 Å². The number of aromatic nitrogens is 1. The van der Waals surface area contributed by atoms with Crippen LogP contribution in [0.3, 0.4) is 0 Å². The fraction of sp³-hybridized carbons (Fsp3) is 0.300. The first-order valence-electron chi connectivity index (χ1n) is 8.36. The van der Waals surface area contributed by atoms with Crippen molar-refractivity contribution < 1.29 is 9.21 Å². The van der Waals surface area contributed by atoms with E-state index in [-0.39, 0.29) is 12.3 Å². The molecule has 130 valence electrons. The largest absolute Gasteiger partial charge is 0.459 e. The van der Waals surface area contributed by atoms with Gasteiger partial charge in [-0.3, -0.25) is 4.79 Å². The Kier molecular flexibility index (Phi) is 5.04. The molecule has 5 heteroatoms. The maximum absolute atomic E-state index is 12.8. The first-order chi connectivity index (χ1) is 12.0. The van der Waals surface area contributed by atoms with Gasteiger partial charge >= 0.3 is 0 Å². The normalized spacial score (nSPS) is 10.9. The lowest BCUT2D eigenvalue weighted by Gasteiger charge is -2.23. The van der Waals surface area contributed by atoms with Crippen molar-refractivity contribution in [1.82, 2.24) is 4.98 Å². The van der Waals surface area contributed by atoms with E-state index in [0.29, 0.717) is 6.54 Å². The molecule has 3 aromatic rings. The fourth-order valence-corrected chi connectivity index (χ4v) is 3.57. The molecule has 0 N–H and O–H groups in total. The summed E-state index contributed by atoms with van der Waals surface area (Å²) in [5.74, 6) is 1.67. The summed E-state index contributed by atoms with van der Waals surface area (Å²) in [5.41, 5.74) is 4.01. The number of thiazole rings is 1. The lowest BCUT2D eigenvalue weighted by Crippen LogP contribution is -2.32. The molecule has 1 amide bonds. The molecule has 3 rings (SSSR count). The summed E-state index contributed by atoms with van der Waals surface area (Å²) < 4.78 is 5.61. The summed E-state index contributed by atoms with van der Waals surface area (Å²) in [6, 6.07) is 10.0. The maximum Gasteiger partial charge on any atom is 0.233 e. The summed E-state index contributed by atoms with van der Waals surface area (Å²) in [7, 11) is 0. The molecule has 1 aromatic carbocycles. The van der Waals surface area contributed by atoms with E-state index in [4.69, 9.17) is 4.42 Å². The fourth-order valence-electron chi connectivity index (χ4n) is 2.79. The van der Waals surface area contributed by atoms with Crippen LogP contribution in [0.15, 0.2) is 40.1 Å². The van der Waals surface area contributed by atoms with Gasteiger partial charge in [0.2, 0.25) is 5.91 Å². The number of furan rings is 1. The number of carbonyl (C=O) groups is 1. The van der Waals surface area contributed by atoms with E-state index in [2.05, 4.69) is 23.2 Å². The van der Waals surface area contributed by atoms with Gasteiger partial charge in [0.1, 0.15) is 5.76 Å². The second kappa shape index (κ2) is 7.23. The third kappa shape index (κ3) is 3.82. The molecule has 0 aliphatic heterocycles. The maximum atomic E-state index is 12.8. The molecule has 0 aliphatic rings. The van der Waals surface area contributed by atoms with Crippen molar-refractivity contribution in [3.05, 3.63) is 58.3 Å². The zero-order valence-electron chi connectivity index (χ0n) is 15.0. The number of anilines is 1. The first-order valence-corrected chi connectivity index (χ1v) is 9.24. The predicted octanol–water partition coefficient (Wildman–Crippen LogP) is 4.92. The van der Waals surface area contributed by atoms with E-state index in [9.17, 15) is 4.79 Å². The summed E-state index contributed by atoms with van der Waals surface area (Å²) in [5, 5.41) is 2.74. The zero-order valence-corrected chi connectivity index (χ0v) is 15.8. The van der Waals surface area contributed by atoms with Gasteiger partial charge in [-0.1, -0.05) is 12.1 Å². The number of hydrogen-bond donors (Lipinski definition) is 0. The smallest absolute Gasteiger partial charge is 0.233 e. The van der Waals surface area contributed by atoms with E-state index in [1.165, 1.54) is 11.3 Å². The van der Waals surface area contributed by atoms with Gasteiger partial charge in [-0.25, -0.2) is 4.98 Å². The van der Waals surface area contributed by atoms with Crippen LogP contribution in [0.4, 0.5) is 5.69 Å². The molecule has 25 heavy (non-hydrogen) atoms. The lowest BCUT2D eigenvalue weighted by atomic mass is 10.1. The molecule has 0 unspecified atom stereocenters. The molecule has 0 fully saturated rings. The zero-order chi connectivity index (χ0) is 18.0. The molecule has 2 heterocycles. The second-order valence-electron chi connectivity index (χ2n) is 6.16. The van der Waals surface area contributed by atoms with Crippen molar-refractivity contribution in [3.8, 4) is 10.8 Å². The second-order valence-corrected chi connectivity index (χ2v) is 7.02. The summed E-state index contributed by atoms with van der Waals surface area (Å²) in [6.45, 7) is 8.62. The third-order valence-electron chi connectivity index (χ3n) is 4.11. The summed E-state index contributed by atoms with van der Waals surface area (Å²) in [6.07, 6.45) is 0.289. The first kappa shape index (κ1) is 17.4. The Morgan fingerprint density at radius 2 is 2.00 bits per heavy atom. The van der Waals surface area contributed by atoms with E-state index in [0.717, 1.165) is 39.0 Å². The van der Waals surface area contributed by atoms with Crippen LogP contribution in [-0.2, 0) is 11.2 Å². The Hall–Kier alpha value is -2.40. The Balaban J connectivity index is 1.79. The summed E-state index contributed by atoms with van der Waals surface area (Å²) >= 11 is 1.50. The van der Waals surface area contributed by atoms with Crippen LogP contribution in [0.25, 0.3) is 10.8 Å². The molecular formula is C20H22N2O2S. The number of likely N-dealkylation sites (N-methyl/N-ethyl adjacent to an activating group) is 1. The highest BCUT2D eigenvalue weighted by molar-refractivity contribution is 7.13. The minimum absolute atomic E-state index is 0.0590. The number of amides is 1. The van der Waals surface area contributed by atoms with Crippen molar-refractivity contribution >= 4 is 22.9 Å². The lowest BCUT2D eigenvalue weighted by molar-refractivity contribution is -0.118. The molecule has 2 aromatic heterocycles. The highest BCUT2D eigenvalue weighted by Crippen LogP contribution is 2.27. The molecule has 0 aliphatic carbocycles. The van der Waals surface area contributed by atoms with Crippen molar-refractivity contribution in [2.45, 2.75) is 34.1 Å². The van der Waals surface area contributed by atoms with Gasteiger partial charge in [0.15, 0.2) is 10.8 Å². The number of aryl methyl sites for hydroxylation is 3. The highest BCUT2D eigenvalue weighted by Gasteiger charge is 2.18. The number of hydrogen-bond acceptors (Lipinski definition) is 4. The minimum Gasteiger partial charge on any atom is -0.459 e. The minimum atomic E-state index is 0.0590. The standard InChI is InChI=1S/C20H22N2O2S/c1-5-22(17-10-13(2)6-7-14(17)3)19(23)11-16-12-25-20(21-16)18-9-8-15(4)24-18/h6-10,12H,5,11H2,1-4H3. The SMILES string of the molecule is CCN(C(=O)Cc1csc(-c2ccc(C)o2)n1)c1cc(C)ccc1C. The molecule has 0 saturated heterocycles. The number of carbonyl (C=O) groups excluding carboxylic acids is 1. The molecule has 0 radical (unpaired) electrons. The van der Waals surface area contributed by atoms with Gasteiger partial charge < -0.3 is 9.32 Å². The molecular weight excluding hydrogens is 332 g/mol. The molecule has 0 atom stereocenters. The van der Waals surface area contributed by atoms with Gasteiger partial charge in [0, 0.05) is 17.6 Å². The molecule has 4 nitrogen and oxygen atoms in total. The molecule has 0 saturated carbocycles. The van der Waals surface area contributed by atoms with Crippen LogP contribution >= 0.6 is 11.3 Å². The van der Waals surface area contributed by atoms with Crippen LogP contribution < -0.4 is 4.90 Å². The number of nitrogens with zero attached hydrogens (tertiary/aromatic N) is 2. The van der Waals surface area contributed by atoms with E-state index in [1.54, 1.807) is 0 Å². The Morgan fingerprint density at radius 1 is 1.20 bits per heavy atom. The predicted molar refractivity (Wildman–Crippen MR) is 102 cm³/mol. The van der Waals surface area contributed by atoms with Gasteiger partial charge in [-0.05, 0) is 57.0 Å². The van der Waals surface area contributed by atoms with Crippen LogP contribution in [0, 0.1) is 20.8 Å². The van der Waals surface area contributed by atoms with Crippen LogP contribution in [0.2, 0.25) is 0 Å². The van der Waals surface area contributed by atoms with Crippen LogP contribution in [0.5, 0.6) is 0 Å². The van der Waals surface area contributed by atoms with Gasteiger partial charge in [-0.2, -0.15) is 0 Å². The van der Waals surface area contributed by atoms with Crippen molar-refractivity contribution in [2.24, 2.45) is 0 Å². The van der Waals surface area contributed by atoms with Crippen molar-refractivity contribution in [3.63, 3.8) is 0 Å². The average Bonchev–Trinajstić information content (AvgIpc) is 3.20. The Labute approximate surface area is 152 Å². The quantitative estimate of drug-likeness (QED) is 0.653. The molecule has 0 spiro atoms.